The van der Waals surface area contributed by atoms with Crippen LogP contribution in [0.5, 0.6) is 0 Å². The molecule has 1 saturated heterocycles. The molecule has 1 nitrogen and oxygen atoms in total. The molecule has 2 rings (SSSR count). The van der Waals surface area contributed by atoms with Gasteiger partial charge < -0.3 is 0 Å². The zero-order valence-electron chi connectivity index (χ0n) is 7.92. The highest BCUT2D eigenvalue weighted by molar-refractivity contribution is 8.00. The van der Waals surface area contributed by atoms with E-state index in [2.05, 4.69) is 6.08 Å². The van der Waals surface area contributed by atoms with Gasteiger partial charge >= 0.3 is 0 Å². The minimum Gasteiger partial charge on any atom is -0.293 e. The summed E-state index contributed by atoms with van der Waals surface area (Å²) in [6.45, 7) is 0. The summed E-state index contributed by atoms with van der Waals surface area (Å²) < 4.78 is 0. The Balaban J connectivity index is 1.98. The number of thioether (sulfide) groups is 1. The van der Waals surface area contributed by atoms with Crippen molar-refractivity contribution in [3.05, 3.63) is 11.6 Å². The van der Waals surface area contributed by atoms with E-state index in [1.165, 1.54) is 25.0 Å². The molecule has 0 aromatic carbocycles. The third-order valence-corrected chi connectivity index (χ3v) is 4.21. The van der Waals surface area contributed by atoms with Crippen molar-refractivity contribution in [3.63, 3.8) is 0 Å². The maximum Gasteiger partial charge on any atom is 0.171 e. The molecule has 0 bridgehead atoms. The van der Waals surface area contributed by atoms with Crippen LogP contribution < -0.4 is 0 Å². The second-order valence-electron chi connectivity index (χ2n) is 3.84. The molecule has 1 atom stereocenters. The molecule has 1 heterocycles. The standard InChI is InChI=1S/C11H16OS/c12-11(10-7-4-8-13-10)9-5-2-1-3-6-9/h5,10H,1-4,6-8H2. The lowest BCUT2D eigenvalue weighted by atomic mass is 9.94. The lowest BCUT2D eigenvalue weighted by Gasteiger charge is -2.14. The molecule has 0 aromatic rings. The Kier molecular flexibility index (Phi) is 3.09. The summed E-state index contributed by atoms with van der Waals surface area (Å²) in [4.78, 5) is 11.9. The first-order valence-electron chi connectivity index (χ1n) is 5.23. The van der Waals surface area contributed by atoms with Crippen LogP contribution in [0.3, 0.4) is 0 Å². The van der Waals surface area contributed by atoms with E-state index in [1.807, 2.05) is 11.8 Å². The van der Waals surface area contributed by atoms with Gasteiger partial charge in [0.2, 0.25) is 0 Å². The van der Waals surface area contributed by atoms with Crippen LogP contribution in [-0.4, -0.2) is 16.8 Å². The van der Waals surface area contributed by atoms with Crippen molar-refractivity contribution >= 4 is 17.5 Å². The number of allylic oxidation sites excluding steroid dienone is 2. The Hall–Kier alpha value is -0.240. The van der Waals surface area contributed by atoms with Gasteiger partial charge in [0.1, 0.15) is 0 Å². The van der Waals surface area contributed by atoms with Gasteiger partial charge in [0.25, 0.3) is 0 Å². The maximum absolute atomic E-state index is 11.9. The number of ketones is 1. The lowest BCUT2D eigenvalue weighted by Crippen LogP contribution is -2.17. The summed E-state index contributed by atoms with van der Waals surface area (Å²) in [5.41, 5.74) is 1.13. The van der Waals surface area contributed by atoms with Crippen LogP contribution >= 0.6 is 11.8 Å². The molecule has 0 spiro atoms. The molecule has 1 aliphatic carbocycles. The van der Waals surface area contributed by atoms with Gasteiger partial charge in [-0.3, -0.25) is 4.79 Å². The van der Waals surface area contributed by atoms with Gasteiger partial charge in [-0.25, -0.2) is 0 Å². The molecular formula is C11H16OS. The molecule has 2 aliphatic rings. The molecule has 0 saturated carbocycles. The van der Waals surface area contributed by atoms with Gasteiger partial charge in [0.05, 0.1) is 5.25 Å². The SMILES string of the molecule is O=C(C1=CCCCC1)C1CCCS1. The summed E-state index contributed by atoms with van der Waals surface area (Å²) in [7, 11) is 0. The quantitative estimate of drug-likeness (QED) is 0.675. The topological polar surface area (TPSA) is 17.1 Å². The highest BCUT2D eigenvalue weighted by Gasteiger charge is 2.26. The molecule has 1 aliphatic heterocycles. The fourth-order valence-corrected chi connectivity index (χ4v) is 3.31. The summed E-state index contributed by atoms with van der Waals surface area (Å²) in [5.74, 6) is 1.63. The van der Waals surface area contributed by atoms with E-state index in [4.69, 9.17) is 0 Å². The van der Waals surface area contributed by atoms with Crippen molar-refractivity contribution in [1.82, 2.24) is 0 Å². The van der Waals surface area contributed by atoms with E-state index in [-0.39, 0.29) is 0 Å². The van der Waals surface area contributed by atoms with Crippen molar-refractivity contribution in [2.24, 2.45) is 0 Å². The second-order valence-corrected chi connectivity index (χ2v) is 5.15. The van der Waals surface area contributed by atoms with Gasteiger partial charge in [-0.2, -0.15) is 11.8 Å². The van der Waals surface area contributed by atoms with Crippen LogP contribution in [0.4, 0.5) is 0 Å². The fourth-order valence-electron chi connectivity index (χ4n) is 2.05. The van der Waals surface area contributed by atoms with Crippen LogP contribution in [0.1, 0.15) is 38.5 Å². The minimum atomic E-state index is 0.310. The van der Waals surface area contributed by atoms with Crippen LogP contribution in [0.2, 0.25) is 0 Å². The highest BCUT2D eigenvalue weighted by atomic mass is 32.2. The van der Waals surface area contributed by atoms with Gasteiger partial charge in [-0.1, -0.05) is 6.08 Å². The Morgan fingerprint density at radius 1 is 1.38 bits per heavy atom. The van der Waals surface area contributed by atoms with E-state index in [0.29, 0.717) is 11.0 Å². The predicted molar refractivity (Wildman–Crippen MR) is 57.0 cm³/mol. The van der Waals surface area contributed by atoms with E-state index in [1.54, 1.807) is 0 Å². The van der Waals surface area contributed by atoms with Gasteiger partial charge in [-0.05, 0) is 49.9 Å². The van der Waals surface area contributed by atoms with Crippen molar-refractivity contribution in [2.75, 3.05) is 5.75 Å². The van der Waals surface area contributed by atoms with Crippen LogP contribution in [0.15, 0.2) is 11.6 Å². The highest BCUT2D eigenvalue weighted by Crippen LogP contribution is 2.31. The molecule has 1 unspecified atom stereocenters. The monoisotopic (exact) mass is 196 g/mol. The second kappa shape index (κ2) is 4.32. The normalized spacial score (nSPS) is 28.6. The number of carbonyl (C=O) groups excluding carboxylic acids is 1. The summed E-state index contributed by atoms with van der Waals surface area (Å²) in [6.07, 6.45) is 9.16. The number of hydrogen-bond acceptors (Lipinski definition) is 2. The Labute approximate surface area is 84.0 Å². The molecule has 0 amide bonds. The molecule has 0 radical (unpaired) electrons. The largest absolute Gasteiger partial charge is 0.293 e. The van der Waals surface area contributed by atoms with Gasteiger partial charge in [0, 0.05) is 0 Å². The van der Waals surface area contributed by atoms with Crippen molar-refractivity contribution < 1.29 is 4.79 Å². The Morgan fingerprint density at radius 3 is 2.92 bits per heavy atom. The van der Waals surface area contributed by atoms with Gasteiger partial charge in [0.15, 0.2) is 5.78 Å². The third kappa shape index (κ3) is 2.16. The van der Waals surface area contributed by atoms with E-state index >= 15 is 0 Å². The van der Waals surface area contributed by atoms with E-state index in [9.17, 15) is 4.79 Å². The molecular weight excluding hydrogens is 180 g/mol. The number of hydrogen-bond donors (Lipinski definition) is 0. The molecule has 13 heavy (non-hydrogen) atoms. The number of rotatable bonds is 2. The number of carbonyl (C=O) groups is 1. The molecule has 1 fully saturated rings. The first-order valence-corrected chi connectivity index (χ1v) is 6.27. The molecule has 2 heteroatoms. The summed E-state index contributed by atoms with van der Waals surface area (Å²) >= 11 is 1.85. The average molecular weight is 196 g/mol. The lowest BCUT2D eigenvalue weighted by molar-refractivity contribution is -0.115. The van der Waals surface area contributed by atoms with E-state index < -0.39 is 0 Å². The van der Waals surface area contributed by atoms with Crippen LogP contribution in [0, 0.1) is 0 Å². The Morgan fingerprint density at radius 2 is 2.31 bits per heavy atom. The summed E-state index contributed by atoms with van der Waals surface area (Å²) in [6, 6.07) is 0. The molecule has 72 valence electrons. The first-order chi connectivity index (χ1) is 6.38. The van der Waals surface area contributed by atoms with Crippen LogP contribution in [0.25, 0.3) is 0 Å². The van der Waals surface area contributed by atoms with Crippen molar-refractivity contribution in [2.45, 2.75) is 43.8 Å². The van der Waals surface area contributed by atoms with Gasteiger partial charge in [-0.15, -0.1) is 0 Å². The predicted octanol–water partition coefficient (Wildman–Crippen LogP) is 2.95. The van der Waals surface area contributed by atoms with Crippen molar-refractivity contribution in [3.8, 4) is 0 Å². The minimum absolute atomic E-state index is 0.310. The van der Waals surface area contributed by atoms with Crippen LogP contribution in [-0.2, 0) is 4.79 Å². The zero-order chi connectivity index (χ0) is 9.10. The average Bonchev–Trinajstić information content (AvgIpc) is 2.71. The van der Waals surface area contributed by atoms with Crippen molar-refractivity contribution in [1.29, 1.82) is 0 Å². The zero-order valence-corrected chi connectivity index (χ0v) is 8.74. The summed E-state index contributed by atoms with van der Waals surface area (Å²) in [5, 5.41) is 0.310. The first kappa shape index (κ1) is 9.32. The Bertz CT molecular complexity index is 226. The smallest absolute Gasteiger partial charge is 0.171 e. The number of Topliss-reactive ketones (excluding diaryl/α,β-unsaturated/α-hetero) is 1. The molecule has 0 N–H and O–H groups in total. The molecule has 0 aromatic heterocycles. The third-order valence-electron chi connectivity index (χ3n) is 2.83. The van der Waals surface area contributed by atoms with E-state index in [0.717, 1.165) is 24.8 Å². The maximum atomic E-state index is 11.9. The fraction of sp³-hybridized carbons (Fsp3) is 0.727.